The van der Waals surface area contributed by atoms with E-state index in [1.807, 2.05) is 13.8 Å². The van der Waals surface area contributed by atoms with E-state index in [1.165, 1.54) is 0 Å². The Bertz CT molecular complexity index is 94.7. The summed E-state index contributed by atoms with van der Waals surface area (Å²) >= 11 is 0. The van der Waals surface area contributed by atoms with Crippen LogP contribution in [-0.2, 0) is 0 Å². The predicted molar refractivity (Wildman–Crippen MR) is 50.1 cm³/mol. The third kappa shape index (κ3) is 3.09. The van der Waals surface area contributed by atoms with Crippen LogP contribution in [-0.4, -0.2) is 36.5 Å². The molecule has 0 atom stereocenters. The quantitative estimate of drug-likeness (QED) is 0.568. The minimum Gasteiger partial charge on any atom is -0.396 e. The fourth-order valence-electron chi connectivity index (χ4n) is 1.32. The first kappa shape index (κ1) is 11.9. The van der Waals surface area contributed by atoms with E-state index in [0.717, 1.165) is 25.9 Å². The molecule has 0 aliphatic carbocycles. The molecule has 3 N–H and O–H groups in total. The molecule has 12 heavy (non-hydrogen) atoms. The van der Waals surface area contributed by atoms with Crippen molar-refractivity contribution >= 4 is 0 Å². The number of hydrogen-bond donors (Lipinski definition) is 3. The molecule has 0 saturated carbocycles. The van der Waals surface area contributed by atoms with Gasteiger partial charge in [0.1, 0.15) is 0 Å². The van der Waals surface area contributed by atoms with Crippen LogP contribution in [0.4, 0.5) is 0 Å². The number of nitrogens with one attached hydrogen (secondary N) is 1. The average Bonchev–Trinajstić information content (AvgIpc) is 2.22. The molecule has 1 fully saturated rings. The van der Waals surface area contributed by atoms with Crippen molar-refractivity contribution in [2.24, 2.45) is 5.41 Å². The highest BCUT2D eigenvalue weighted by atomic mass is 16.3. The second kappa shape index (κ2) is 6.40. The van der Waals surface area contributed by atoms with Crippen molar-refractivity contribution < 1.29 is 10.2 Å². The van der Waals surface area contributed by atoms with E-state index >= 15 is 0 Å². The molecule has 1 aliphatic rings. The molecule has 1 aliphatic heterocycles. The molecule has 0 amide bonds. The van der Waals surface area contributed by atoms with Crippen molar-refractivity contribution in [2.75, 3.05) is 26.3 Å². The monoisotopic (exact) mass is 175 g/mol. The molecule has 3 nitrogen and oxygen atoms in total. The van der Waals surface area contributed by atoms with Crippen LogP contribution in [0.25, 0.3) is 0 Å². The molecule has 3 heteroatoms. The number of aliphatic hydroxyl groups excluding tert-OH is 2. The third-order valence-electron chi connectivity index (χ3n) is 2.34. The Morgan fingerprint density at radius 2 is 1.50 bits per heavy atom. The van der Waals surface area contributed by atoms with E-state index in [1.54, 1.807) is 0 Å². The van der Waals surface area contributed by atoms with E-state index in [0.29, 0.717) is 0 Å². The Kier molecular flexibility index (Phi) is 6.34. The van der Waals surface area contributed by atoms with Crippen LogP contribution >= 0.6 is 0 Å². The maximum absolute atomic E-state index is 8.95. The van der Waals surface area contributed by atoms with E-state index in [-0.39, 0.29) is 18.6 Å². The van der Waals surface area contributed by atoms with Crippen LogP contribution in [0.1, 0.15) is 26.7 Å². The van der Waals surface area contributed by atoms with Crippen LogP contribution in [0.2, 0.25) is 0 Å². The zero-order chi connectivity index (χ0) is 9.45. The van der Waals surface area contributed by atoms with E-state index in [4.69, 9.17) is 10.2 Å². The molecule has 1 rings (SSSR count). The van der Waals surface area contributed by atoms with Crippen molar-refractivity contribution in [2.45, 2.75) is 26.7 Å². The lowest BCUT2D eigenvalue weighted by atomic mass is 9.81. The Morgan fingerprint density at radius 1 is 1.08 bits per heavy atom. The molecule has 0 bridgehead atoms. The number of aliphatic hydroxyl groups is 2. The van der Waals surface area contributed by atoms with Gasteiger partial charge in [-0.3, -0.25) is 0 Å². The molecule has 0 unspecified atom stereocenters. The Hall–Kier alpha value is -0.120. The Balaban J connectivity index is 0.000000561. The van der Waals surface area contributed by atoms with Gasteiger partial charge in [0.15, 0.2) is 0 Å². The fraction of sp³-hybridized carbons (Fsp3) is 1.00. The van der Waals surface area contributed by atoms with Crippen LogP contribution in [0.5, 0.6) is 0 Å². The summed E-state index contributed by atoms with van der Waals surface area (Å²) < 4.78 is 0. The zero-order valence-corrected chi connectivity index (χ0v) is 8.14. The summed E-state index contributed by atoms with van der Waals surface area (Å²) in [7, 11) is 0. The molecular weight excluding hydrogens is 154 g/mol. The van der Waals surface area contributed by atoms with Crippen LogP contribution in [0.3, 0.4) is 0 Å². The molecule has 0 spiro atoms. The summed E-state index contributed by atoms with van der Waals surface area (Å²) in [4.78, 5) is 0. The van der Waals surface area contributed by atoms with Gasteiger partial charge in [-0.25, -0.2) is 0 Å². The van der Waals surface area contributed by atoms with Crippen molar-refractivity contribution in [3.8, 4) is 0 Å². The summed E-state index contributed by atoms with van der Waals surface area (Å²) in [5, 5.41) is 21.1. The summed E-state index contributed by atoms with van der Waals surface area (Å²) in [5.74, 6) is 0. The molecule has 1 heterocycles. The van der Waals surface area contributed by atoms with Crippen molar-refractivity contribution in [3.05, 3.63) is 0 Å². The van der Waals surface area contributed by atoms with E-state index in [9.17, 15) is 0 Å². The highest BCUT2D eigenvalue weighted by Gasteiger charge is 2.30. The van der Waals surface area contributed by atoms with Gasteiger partial charge in [0, 0.05) is 5.41 Å². The second-order valence-corrected chi connectivity index (χ2v) is 3.07. The first-order chi connectivity index (χ1) is 5.83. The molecule has 1 saturated heterocycles. The van der Waals surface area contributed by atoms with Gasteiger partial charge in [0.25, 0.3) is 0 Å². The van der Waals surface area contributed by atoms with Crippen molar-refractivity contribution in [3.63, 3.8) is 0 Å². The smallest absolute Gasteiger partial charge is 0.0510 e. The number of piperidine rings is 1. The first-order valence-electron chi connectivity index (χ1n) is 4.75. The summed E-state index contributed by atoms with van der Waals surface area (Å²) in [5.41, 5.74) is -0.189. The van der Waals surface area contributed by atoms with Crippen LogP contribution in [0.15, 0.2) is 0 Å². The Morgan fingerprint density at radius 3 is 1.75 bits per heavy atom. The minimum absolute atomic E-state index is 0.116. The molecule has 0 aromatic rings. The lowest BCUT2D eigenvalue weighted by Gasteiger charge is -2.33. The van der Waals surface area contributed by atoms with Gasteiger partial charge >= 0.3 is 0 Å². The predicted octanol–water partition coefficient (Wildman–Crippen LogP) is 0.367. The van der Waals surface area contributed by atoms with Gasteiger partial charge in [-0.2, -0.15) is 0 Å². The SMILES string of the molecule is CC.OCC1(CO)CCNCC1. The molecular formula is C9H21NO2. The zero-order valence-electron chi connectivity index (χ0n) is 8.14. The van der Waals surface area contributed by atoms with Gasteiger partial charge in [0.05, 0.1) is 13.2 Å². The standard InChI is InChI=1S/C7H15NO2.C2H6/c9-5-7(6-10)1-3-8-4-2-7;1-2/h8-10H,1-6H2;1-2H3. The van der Waals surface area contributed by atoms with Crippen molar-refractivity contribution in [1.29, 1.82) is 0 Å². The van der Waals surface area contributed by atoms with Crippen LogP contribution in [0, 0.1) is 5.41 Å². The summed E-state index contributed by atoms with van der Waals surface area (Å²) in [6.45, 7) is 6.07. The molecule has 74 valence electrons. The Labute approximate surface area is 74.8 Å². The van der Waals surface area contributed by atoms with Gasteiger partial charge < -0.3 is 15.5 Å². The van der Waals surface area contributed by atoms with E-state index in [2.05, 4.69) is 5.32 Å². The summed E-state index contributed by atoms with van der Waals surface area (Å²) in [6.07, 6.45) is 1.78. The van der Waals surface area contributed by atoms with E-state index < -0.39 is 0 Å². The number of hydrogen-bond acceptors (Lipinski definition) is 3. The maximum Gasteiger partial charge on any atom is 0.0510 e. The normalized spacial score (nSPS) is 21.0. The van der Waals surface area contributed by atoms with Gasteiger partial charge in [-0.05, 0) is 25.9 Å². The highest BCUT2D eigenvalue weighted by Crippen LogP contribution is 2.26. The first-order valence-corrected chi connectivity index (χ1v) is 4.75. The highest BCUT2D eigenvalue weighted by molar-refractivity contribution is 4.83. The maximum atomic E-state index is 8.95. The molecule has 0 aromatic carbocycles. The van der Waals surface area contributed by atoms with Crippen LogP contribution < -0.4 is 5.32 Å². The lowest BCUT2D eigenvalue weighted by molar-refractivity contribution is 0.0290. The van der Waals surface area contributed by atoms with Gasteiger partial charge in [-0.15, -0.1) is 0 Å². The average molecular weight is 175 g/mol. The topological polar surface area (TPSA) is 52.5 Å². The lowest BCUT2D eigenvalue weighted by Crippen LogP contribution is -2.41. The second-order valence-electron chi connectivity index (χ2n) is 3.07. The van der Waals surface area contributed by atoms with Gasteiger partial charge in [0.2, 0.25) is 0 Å². The third-order valence-corrected chi connectivity index (χ3v) is 2.34. The minimum atomic E-state index is -0.189. The molecule has 0 aromatic heterocycles. The summed E-state index contributed by atoms with van der Waals surface area (Å²) in [6, 6.07) is 0. The van der Waals surface area contributed by atoms with Crippen molar-refractivity contribution in [1.82, 2.24) is 5.32 Å². The van der Waals surface area contributed by atoms with Gasteiger partial charge in [-0.1, -0.05) is 13.8 Å². The number of rotatable bonds is 2. The fourth-order valence-corrected chi connectivity index (χ4v) is 1.32. The molecule has 0 radical (unpaired) electrons. The largest absolute Gasteiger partial charge is 0.396 e.